The Kier molecular flexibility index (Phi) is 4.19. The van der Waals surface area contributed by atoms with Crippen LogP contribution in [-0.2, 0) is 14.3 Å². The molecule has 114 valence electrons. The van der Waals surface area contributed by atoms with Gasteiger partial charge in [0, 0.05) is 12.1 Å². The lowest BCUT2D eigenvalue weighted by molar-refractivity contribution is -0.189. The van der Waals surface area contributed by atoms with E-state index in [9.17, 15) is 9.18 Å². The largest absolute Gasteiger partial charge is 0.346 e. The standard InChI is InChI=1S/C15H19FN2O3/c16-12-3-1-4-13(9-12)17-14(19)10-18-6-2-5-15(11-18)20-7-8-21-15/h1,3-4,9H,2,5-8,10-11H2,(H,17,19). The Morgan fingerprint density at radius 3 is 2.95 bits per heavy atom. The summed E-state index contributed by atoms with van der Waals surface area (Å²) in [5.74, 6) is -1.05. The number of amides is 1. The highest BCUT2D eigenvalue weighted by molar-refractivity contribution is 5.92. The number of hydrogen-bond donors (Lipinski definition) is 1. The number of carbonyl (C=O) groups excluding carboxylic acids is 1. The fourth-order valence-corrected chi connectivity index (χ4v) is 2.91. The fraction of sp³-hybridized carbons (Fsp3) is 0.533. The van der Waals surface area contributed by atoms with Gasteiger partial charge in [-0.25, -0.2) is 4.39 Å². The van der Waals surface area contributed by atoms with E-state index in [1.54, 1.807) is 12.1 Å². The number of halogens is 1. The van der Waals surface area contributed by atoms with Gasteiger partial charge < -0.3 is 14.8 Å². The maximum absolute atomic E-state index is 13.1. The molecule has 2 aliphatic heterocycles. The van der Waals surface area contributed by atoms with Crippen LogP contribution >= 0.6 is 0 Å². The molecule has 1 spiro atoms. The SMILES string of the molecule is O=C(CN1CCCC2(C1)OCCO2)Nc1cccc(F)c1. The Morgan fingerprint density at radius 1 is 1.38 bits per heavy atom. The van der Waals surface area contributed by atoms with Crippen LogP contribution in [0.5, 0.6) is 0 Å². The number of benzene rings is 1. The van der Waals surface area contributed by atoms with Crippen molar-refractivity contribution in [1.82, 2.24) is 4.90 Å². The van der Waals surface area contributed by atoms with Crippen molar-refractivity contribution in [1.29, 1.82) is 0 Å². The molecule has 0 unspecified atom stereocenters. The first kappa shape index (κ1) is 14.4. The summed E-state index contributed by atoms with van der Waals surface area (Å²) >= 11 is 0. The van der Waals surface area contributed by atoms with E-state index in [1.165, 1.54) is 12.1 Å². The quantitative estimate of drug-likeness (QED) is 0.920. The molecule has 2 saturated heterocycles. The molecule has 0 aromatic heterocycles. The second-order valence-electron chi connectivity index (χ2n) is 5.48. The Hall–Kier alpha value is -1.50. The lowest BCUT2D eigenvalue weighted by Crippen LogP contribution is -2.50. The Bertz CT molecular complexity index is 517. The normalized spacial score (nSPS) is 21.6. The van der Waals surface area contributed by atoms with Crippen molar-refractivity contribution in [2.75, 3.05) is 38.2 Å². The molecule has 5 nitrogen and oxygen atoms in total. The molecular weight excluding hydrogens is 275 g/mol. The van der Waals surface area contributed by atoms with Crippen molar-refractivity contribution in [2.45, 2.75) is 18.6 Å². The molecule has 1 N–H and O–H groups in total. The van der Waals surface area contributed by atoms with Gasteiger partial charge in [-0.05, 0) is 31.2 Å². The summed E-state index contributed by atoms with van der Waals surface area (Å²) in [4.78, 5) is 14.1. The molecule has 21 heavy (non-hydrogen) atoms. The highest BCUT2D eigenvalue weighted by Crippen LogP contribution is 2.29. The van der Waals surface area contributed by atoms with Crippen LogP contribution < -0.4 is 5.32 Å². The third-order valence-electron chi connectivity index (χ3n) is 3.79. The zero-order valence-electron chi connectivity index (χ0n) is 11.8. The number of nitrogens with one attached hydrogen (secondary N) is 1. The van der Waals surface area contributed by atoms with Crippen molar-refractivity contribution in [2.24, 2.45) is 0 Å². The van der Waals surface area contributed by atoms with Crippen LogP contribution in [0.2, 0.25) is 0 Å². The van der Waals surface area contributed by atoms with Crippen LogP contribution in [0.3, 0.4) is 0 Å². The number of anilines is 1. The Balaban J connectivity index is 1.55. The summed E-state index contributed by atoms with van der Waals surface area (Å²) < 4.78 is 24.4. The van der Waals surface area contributed by atoms with E-state index in [1.807, 2.05) is 4.90 Å². The summed E-state index contributed by atoms with van der Waals surface area (Å²) in [5.41, 5.74) is 0.472. The van der Waals surface area contributed by atoms with Gasteiger partial charge in [0.25, 0.3) is 0 Å². The van der Waals surface area contributed by atoms with Gasteiger partial charge in [-0.15, -0.1) is 0 Å². The predicted octanol–water partition coefficient (Wildman–Crippen LogP) is 1.60. The summed E-state index contributed by atoms with van der Waals surface area (Å²) in [6.45, 7) is 2.92. The van der Waals surface area contributed by atoms with E-state index in [4.69, 9.17) is 9.47 Å². The van der Waals surface area contributed by atoms with E-state index < -0.39 is 5.79 Å². The van der Waals surface area contributed by atoms with Crippen LogP contribution in [0.1, 0.15) is 12.8 Å². The van der Waals surface area contributed by atoms with E-state index >= 15 is 0 Å². The molecule has 1 amide bonds. The monoisotopic (exact) mass is 294 g/mol. The first-order valence-corrected chi connectivity index (χ1v) is 7.21. The molecule has 1 aromatic carbocycles. The highest BCUT2D eigenvalue weighted by atomic mass is 19.1. The first-order chi connectivity index (χ1) is 10.2. The molecule has 6 heteroatoms. The molecule has 3 rings (SSSR count). The highest BCUT2D eigenvalue weighted by Gasteiger charge is 2.40. The van der Waals surface area contributed by atoms with Crippen molar-refractivity contribution >= 4 is 11.6 Å². The van der Waals surface area contributed by atoms with Crippen molar-refractivity contribution in [3.63, 3.8) is 0 Å². The second kappa shape index (κ2) is 6.09. The number of ether oxygens (including phenoxy) is 2. The number of rotatable bonds is 3. The molecule has 0 atom stereocenters. The average molecular weight is 294 g/mol. The van der Waals surface area contributed by atoms with Crippen molar-refractivity contribution < 1.29 is 18.7 Å². The first-order valence-electron chi connectivity index (χ1n) is 7.21. The predicted molar refractivity (Wildman–Crippen MR) is 75.3 cm³/mol. The molecule has 0 aliphatic carbocycles. The van der Waals surface area contributed by atoms with Crippen LogP contribution in [0, 0.1) is 5.82 Å². The fourth-order valence-electron chi connectivity index (χ4n) is 2.91. The van der Waals surface area contributed by atoms with Gasteiger partial charge in [0.15, 0.2) is 5.79 Å². The van der Waals surface area contributed by atoms with Gasteiger partial charge in [-0.3, -0.25) is 9.69 Å². The van der Waals surface area contributed by atoms with Crippen LogP contribution in [0.4, 0.5) is 10.1 Å². The molecule has 2 fully saturated rings. The number of piperidine rings is 1. The second-order valence-corrected chi connectivity index (χ2v) is 5.48. The minimum absolute atomic E-state index is 0.157. The molecule has 2 heterocycles. The summed E-state index contributed by atoms with van der Waals surface area (Å²) in [7, 11) is 0. The maximum atomic E-state index is 13.1. The van der Waals surface area contributed by atoms with E-state index in [0.717, 1.165) is 19.4 Å². The van der Waals surface area contributed by atoms with Gasteiger partial charge in [0.2, 0.25) is 5.91 Å². The smallest absolute Gasteiger partial charge is 0.238 e. The summed E-state index contributed by atoms with van der Waals surface area (Å²) in [5, 5.41) is 2.71. The number of hydrogen-bond acceptors (Lipinski definition) is 4. The van der Waals surface area contributed by atoms with E-state index in [2.05, 4.69) is 5.32 Å². The van der Waals surface area contributed by atoms with Gasteiger partial charge in [-0.1, -0.05) is 6.07 Å². The number of nitrogens with zero attached hydrogens (tertiary/aromatic N) is 1. The van der Waals surface area contributed by atoms with Gasteiger partial charge in [0.05, 0.1) is 26.3 Å². The Morgan fingerprint density at radius 2 is 2.19 bits per heavy atom. The molecular formula is C15H19FN2O3. The summed E-state index contributed by atoms with van der Waals surface area (Å²) in [6.07, 6.45) is 1.81. The Labute approximate surface area is 123 Å². The zero-order valence-corrected chi connectivity index (χ0v) is 11.8. The van der Waals surface area contributed by atoms with Crippen LogP contribution in [0.25, 0.3) is 0 Å². The van der Waals surface area contributed by atoms with Crippen LogP contribution in [-0.4, -0.2) is 49.4 Å². The van der Waals surface area contributed by atoms with Gasteiger partial charge in [0.1, 0.15) is 5.82 Å². The van der Waals surface area contributed by atoms with Gasteiger partial charge in [-0.2, -0.15) is 0 Å². The lowest BCUT2D eigenvalue weighted by atomic mass is 10.0. The minimum atomic E-state index is -0.530. The average Bonchev–Trinajstić information content (AvgIpc) is 2.86. The lowest BCUT2D eigenvalue weighted by Gasteiger charge is -2.38. The number of likely N-dealkylation sites (tertiary alicyclic amines) is 1. The van der Waals surface area contributed by atoms with Crippen LogP contribution in [0.15, 0.2) is 24.3 Å². The van der Waals surface area contributed by atoms with Crippen molar-refractivity contribution in [3.8, 4) is 0 Å². The number of carbonyl (C=O) groups is 1. The molecule has 0 radical (unpaired) electrons. The van der Waals surface area contributed by atoms with E-state index in [-0.39, 0.29) is 18.3 Å². The third-order valence-corrected chi connectivity index (χ3v) is 3.79. The molecule has 0 saturated carbocycles. The molecule has 1 aromatic rings. The molecule has 0 bridgehead atoms. The van der Waals surface area contributed by atoms with Gasteiger partial charge >= 0.3 is 0 Å². The van der Waals surface area contributed by atoms with E-state index in [0.29, 0.717) is 25.4 Å². The molecule has 2 aliphatic rings. The minimum Gasteiger partial charge on any atom is -0.346 e. The summed E-state index contributed by atoms with van der Waals surface area (Å²) in [6, 6.07) is 5.89. The maximum Gasteiger partial charge on any atom is 0.238 e. The van der Waals surface area contributed by atoms with Crippen molar-refractivity contribution in [3.05, 3.63) is 30.1 Å². The zero-order chi connectivity index (χ0) is 14.7. The topological polar surface area (TPSA) is 50.8 Å². The third kappa shape index (κ3) is 3.58.